The van der Waals surface area contributed by atoms with Crippen LogP contribution < -0.4 is 0 Å². The van der Waals surface area contributed by atoms with Crippen molar-refractivity contribution in [1.82, 2.24) is 29.8 Å². The van der Waals surface area contributed by atoms with Crippen molar-refractivity contribution >= 4 is 0 Å². The third-order valence-corrected chi connectivity index (χ3v) is 4.35. The van der Waals surface area contributed by atoms with Gasteiger partial charge in [0.25, 0.3) is 0 Å². The first-order valence-corrected chi connectivity index (χ1v) is 8.24. The number of hydrogen-bond donors (Lipinski definition) is 0. The van der Waals surface area contributed by atoms with Gasteiger partial charge in [-0.25, -0.2) is 9.67 Å². The zero-order valence-electron chi connectivity index (χ0n) is 13.7. The van der Waals surface area contributed by atoms with Crippen LogP contribution >= 0.6 is 0 Å². The maximum Gasteiger partial charge on any atom is 0.156 e. The van der Waals surface area contributed by atoms with Crippen LogP contribution in [0.1, 0.15) is 29.2 Å². The van der Waals surface area contributed by atoms with Gasteiger partial charge in [0, 0.05) is 13.5 Å². The molecule has 1 aliphatic rings. The summed E-state index contributed by atoms with van der Waals surface area (Å²) in [6.07, 6.45) is 7.48. The lowest BCUT2D eigenvalue weighted by Gasteiger charge is -2.10. The number of nitrogens with zero attached hydrogens (tertiary/aromatic N) is 6. The number of hydrogen-bond acceptors (Lipinski definition) is 5. The minimum atomic E-state index is 0.497. The number of fused-ring (bicyclic) bond motifs is 1. The van der Waals surface area contributed by atoms with E-state index in [4.69, 9.17) is 14.8 Å². The maximum atomic E-state index is 5.16. The molecule has 0 amide bonds. The minimum Gasteiger partial charge on any atom is -0.384 e. The Balaban J connectivity index is 1.75. The first kappa shape index (κ1) is 15.0. The Morgan fingerprint density at radius 2 is 2.04 bits per heavy atom. The molecule has 7 heteroatoms. The Labute approximate surface area is 140 Å². The summed E-state index contributed by atoms with van der Waals surface area (Å²) in [5.41, 5.74) is 3.93. The van der Waals surface area contributed by atoms with E-state index in [2.05, 4.69) is 28.4 Å². The maximum absolute atomic E-state index is 5.16. The summed E-state index contributed by atoms with van der Waals surface area (Å²) in [6, 6.07) is 6.44. The standard InChI is InChI=1S/C17H20N6O/c1-24-11-8-16-20-17(12-22-18-9-10-19-22)23(21-16)15-7-3-5-13-4-2-6-14(13)15/h3,5,7,9-10H,2,4,6,8,11-12H2,1H3. The van der Waals surface area contributed by atoms with E-state index in [0.29, 0.717) is 19.6 Å². The van der Waals surface area contributed by atoms with Crippen molar-refractivity contribution in [3.8, 4) is 5.69 Å². The van der Waals surface area contributed by atoms with E-state index < -0.39 is 0 Å². The SMILES string of the molecule is COCCc1nc(Cn2nccn2)n(-c2cccc3c2CCC3)n1. The minimum absolute atomic E-state index is 0.497. The fourth-order valence-corrected chi connectivity index (χ4v) is 3.24. The third kappa shape index (κ3) is 2.82. The molecule has 2 heterocycles. The normalized spacial score (nSPS) is 13.4. The first-order chi connectivity index (χ1) is 11.8. The van der Waals surface area contributed by atoms with Crippen LogP contribution in [-0.4, -0.2) is 43.5 Å². The lowest BCUT2D eigenvalue weighted by molar-refractivity contribution is 0.200. The number of aryl methyl sites for hydroxylation is 1. The van der Waals surface area contributed by atoms with Gasteiger partial charge in [-0.1, -0.05) is 12.1 Å². The molecule has 0 radical (unpaired) electrons. The van der Waals surface area contributed by atoms with Gasteiger partial charge in [-0.15, -0.1) is 0 Å². The van der Waals surface area contributed by atoms with Gasteiger partial charge in [-0.05, 0) is 36.5 Å². The Morgan fingerprint density at radius 3 is 2.88 bits per heavy atom. The molecule has 0 spiro atoms. The molecule has 3 aromatic rings. The Hall–Kier alpha value is -2.54. The number of ether oxygens (including phenoxy) is 1. The average molecular weight is 324 g/mol. The Morgan fingerprint density at radius 1 is 1.17 bits per heavy atom. The topological polar surface area (TPSA) is 70.7 Å². The molecular formula is C17H20N6O. The van der Waals surface area contributed by atoms with Gasteiger partial charge in [-0.2, -0.15) is 20.1 Å². The molecule has 0 fully saturated rings. The second kappa shape index (κ2) is 6.52. The van der Waals surface area contributed by atoms with Crippen LogP contribution in [-0.2, 0) is 30.5 Å². The van der Waals surface area contributed by atoms with Gasteiger partial charge < -0.3 is 4.74 Å². The number of rotatable bonds is 6. The van der Waals surface area contributed by atoms with E-state index in [0.717, 1.165) is 30.2 Å². The molecule has 0 N–H and O–H groups in total. The van der Waals surface area contributed by atoms with Gasteiger partial charge in [-0.3, -0.25) is 0 Å². The molecule has 0 saturated heterocycles. The van der Waals surface area contributed by atoms with E-state index in [-0.39, 0.29) is 0 Å². The summed E-state index contributed by atoms with van der Waals surface area (Å²) in [4.78, 5) is 6.32. The smallest absolute Gasteiger partial charge is 0.156 e. The van der Waals surface area contributed by atoms with Gasteiger partial charge >= 0.3 is 0 Å². The van der Waals surface area contributed by atoms with Crippen LogP contribution in [0.15, 0.2) is 30.6 Å². The third-order valence-electron chi connectivity index (χ3n) is 4.35. The number of benzene rings is 1. The van der Waals surface area contributed by atoms with Crippen LogP contribution in [0.4, 0.5) is 0 Å². The summed E-state index contributed by atoms with van der Waals surface area (Å²) in [5, 5.41) is 13.1. The molecule has 0 saturated carbocycles. The molecule has 0 atom stereocenters. The summed E-state index contributed by atoms with van der Waals surface area (Å²) >= 11 is 0. The van der Waals surface area contributed by atoms with Crippen LogP contribution in [0, 0.1) is 0 Å². The van der Waals surface area contributed by atoms with Crippen molar-refractivity contribution < 1.29 is 4.74 Å². The fraction of sp³-hybridized carbons (Fsp3) is 0.412. The molecule has 0 bridgehead atoms. The highest BCUT2D eigenvalue weighted by Crippen LogP contribution is 2.28. The van der Waals surface area contributed by atoms with Crippen molar-refractivity contribution in [2.45, 2.75) is 32.2 Å². The van der Waals surface area contributed by atoms with E-state index in [9.17, 15) is 0 Å². The highest BCUT2D eigenvalue weighted by molar-refractivity contribution is 5.48. The number of aromatic nitrogens is 6. The van der Waals surface area contributed by atoms with Gasteiger partial charge in [0.1, 0.15) is 6.54 Å². The van der Waals surface area contributed by atoms with Crippen molar-refractivity contribution in [3.05, 3.63) is 53.4 Å². The van der Waals surface area contributed by atoms with Crippen molar-refractivity contribution in [2.75, 3.05) is 13.7 Å². The summed E-state index contributed by atoms with van der Waals surface area (Å²) in [7, 11) is 1.69. The Bertz CT molecular complexity index is 824. The van der Waals surface area contributed by atoms with Crippen molar-refractivity contribution in [2.24, 2.45) is 0 Å². The van der Waals surface area contributed by atoms with Gasteiger partial charge in [0.15, 0.2) is 11.6 Å². The van der Waals surface area contributed by atoms with Crippen molar-refractivity contribution in [1.29, 1.82) is 0 Å². The molecule has 0 aliphatic heterocycles. The van der Waals surface area contributed by atoms with Crippen molar-refractivity contribution in [3.63, 3.8) is 0 Å². The molecule has 7 nitrogen and oxygen atoms in total. The quantitative estimate of drug-likeness (QED) is 0.688. The molecule has 24 heavy (non-hydrogen) atoms. The lowest BCUT2D eigenvalue weighted by Crippen LogP contribution is -2.12. The molecule has 1 aliphatic carbocycles. The largest absolute Gasteiger partial charge is 0.384 e. The zero-order valence-corrected chi connectivity index (χ0v) is 13.7. The predicted molar refractivity (Wildman–Crippen MR) is 88.1 cm³/mol. The lowest BCUT2D eigenvalue weighted by atomic mass is 10.1. The van der Waals surface area contributed by atoms with Crippen LogP contribution in [0.2, 0.25) is 0 Å². The molecular weight excluding hydrogens is 304 g/mol. The zero-order chi connectivity index (χ0) is 16.4. The second-order valence-electron chi connectivity index (χ2n) is 5.93. The van der Waals surface area contributed by atoms with Crippen LogP contribution in [0.5, 0.6) is 0 Å². The monoisotopic (exact) mass is 324 g/mol. The van der Waals surface area contributed by atoms with Crippen LogP contribution in [0.25, 0.3) is 5.69 Å². The first-order valence-electron chi connectivity index (χ1n) is 8.24. The summed E-state index contributed by atoms with van der Waals surface area (Å²) < 4.78 is 7.12. The highest BCUT2D eigenvalue weighted by atomic mass is 16.5. The predicted octanol–water partition coefficient (Wildman–Crippen LogP) is 1.58. The highest BCUT2D eigenvalue weighted by Gasteiger charge is 2.20. The Kier molecular flexibility index (Phi) is 4.08. The molecule has 0 unspecified atom stereocenters. The van der Waals surface area contributed by atoms with E-state index >= 15 is 0 Å². The number of methoxy groups -OCH3 is 1. The van der Waals surface area contributed by atoms with Gasteiger partial charge in [0.2, 0.25) is 0 Å². The van der Waals surface area contributed by atoms with Gasteiger partial charge in [0.05, 0.1) is 24.7 Å². The average Bonchev–Trinajstić information content (AvgIpc) is 3.33. The van der Waals surface area contributed by atoms with Crippen LogP contribution in [0.3, 0.4) is 0 Å². The molecule has 2 aromatic heterocycles. The molecule has 1 aromatic carbocycles. The van der Waals surface area contributed by atoms with E-state index in [1.807, 2.05) is 4.68 Å². The fourth-order valence-electron chi connectivity index (χ4n) is 3.24. The summed E-state index contributed by atoms with van der Waals surface area (Å²) in [6.45, 7) is 1.10. The van der Waals surface area contributed by atoms with E-state index in [1.54, 1.807) is 24.3 Å². The van der Waals surface area contributed by atoms with E-state index in [1.165, 1.54) is 17.5 Å². The molecule has 4 rings (SSSR count). The second-order valence-corrected chi connectivity index (χ2v) is 5.93. The summed E-state index contributed by atoms with van der Waals surface area (Å²) in [5.74, 6) is 1.63. The molecule has 124 valence electrons.